The first kappa shape index (κ1) is 25.7. The normalized spacial score (nSPS) is 16.4. The Hall–Kier alpha value is -4.91. The molecule has 1 N–H and O–H groups in total. The Morgan fingerprint density at radius 3 is 2.31 bits per heavy atom. The molecule has 0 spiro atoms. The van der Waals surface area contributed by atoms with Crippen LogP contribution in [0.3, 0.4) is 0 Å². The number of aryl methyl sites for hydroxylation is 1. The highest BCUT2D eigenvalue weighted by atomic mass is 16.5. The average Bonchev–Trinajstić information content (AvgIpc) is 3.21. The van der Waals surface area contributed by atoms with E-state index in [-0.39, 0.29) is 17.9 Å². The summed E-state index contributed by atoms with van der Waals surface area (Å²) >= 11 is 0. The molecule has 4 aromatic rings. The maximum Gasteiger partial charge on any atom is 0.295 e. The van der Waals surface area contributed by atoms with Crippen LogP contribution in [0.25, 0.3) is 5.76 Å². The van der Waals surface area contributed by atoms with E-state index in [9.17, 15) is 14.7 Å². The van der Waals surface area contributed by atoms with Crippen LogP contribution in [-0.4, -0.2) is 33.8 Å². The number of benzene rings is 3. The average molecular weight is 521 g/mol. The number of nitrogens with zero attached hydrogens (tertiary/aromatic N) is 2. The smallest absolute Gasteiger partial charge is 0.295 e. The first-order valence-corrected chi connectivity index (χ1v) is 12.5. The highest BCUT2D eigenvalue weighted by molar-refractivity contribution is 6.46. The minimum absolute atomic E-state index is 0.0301. The molecule has 7 nitrogen and oxygen atoms in total. The zero-order chi connectivity index (χ0) is 27.4. The molecule has 3 aromatic carbocycles. The van der Waals surface area contributed by atoms with Gasteiger partial charge in [-0.1, -0.05) is 48.0 Å². The summed E-state index contributed by atoms with van der Waals surface area (Å²) in [4.78, 5) is 32.1. The molecule has 1 saturated heterocycles. The number of ketones is 1. The van der Waals surface area contributed by atoms with Gasteiger partial charge < -0.3 is 19.5 Å². The van der Waals surface area contributed by atoms with Gasteiger partial charge in [-0.2, -0.15) is 0 Å². The van der Waals surface area contributed by atoms with Gasteiger partial charge >= 0.3 is 0 Å². The number of Topliss-reactive ketones (excluding diaryl/α,β-unsaturated/α-hetero) is 1. The SMILES string of the molecule is COc1ccc(C2C(=C(O)c3ccc(OCc4cccc(C)c4)cc3)C(=O)C(=O)N2Cc2cccnc2)cc1. The number of pyridine rings is 1. The number of ether oxygens (including phenoxy) is 2. The summed E-state index contributed by atoms with van der Waals surface area (Å²) in [5.74, 6) is -0.398. The molecule has 1 amide bonds. The van der Waals surface area contributed by atoms with Crippen molar-refractivity contribution in [2.45, 2.75) is 26.1 Å². The van der Waals surface area contributed by atoms with Crippen LogP contribution in [0, 0.1) is 6.92 Å². The number of aromatic nitrogens is 1. The molecule has 1 aromatic heterocycles. The number of amides is 1. The maximum atomic E-state index is 13.3. The first-order valence-electron chi connectivity index (χ1n) is 12.5. The standard InChI is InChI=1S/C32H28N2O5/c1-21-5-3-6-22(17-21)20-39-27-14-10-25(11-15-27)30(35)28-29(24-8-12-26(38-2)13-9-24)34(32(37)31(28)36)19-23-7-4-16-33-18-23/h3-18,29,35H,19-20H2,1-2H3. The lowest BCUT2D eigenvalue weighted by atomic mass is 9.95. The van der Waals surface area contributed by atoms with Gasteiger partial charge in [0.25, 0.3) is 11.7 Å². The molecule has 0 bridgehead atoms. The van der Waals surface area contributed by atoms with Crippen LogP contribution in [0.4, 0.5) is 0 Å². The highest BCUT2D eigenvalue weighted by Crippen LogP contribution is 2.40. The number of aliphatic hydroxyl groups excluding tert-OH is 1. The van der Waals surface area contributed by atoms with Gasteiger partial charge in [-0.15, -0.1) is 0 Å². The van der Waals surface area contributed by atoms with Crippen LogP contribution in [-0.2, 0) is 22.7 Å². The summed E-state index contributed by atoms with van der Waals surface area (Å²) in [5, 5.41) is 11.4. The first-order chi connectivity index (χ1) is 18.9. The zero-order valence-electron chi connectivity index (χ0n) is 21.7. The Bertz CT molecular complexity index is 1510. The van der Waals surface area contributed by atoms with Gasteiger partial charge in [0.05, 0.1) is 18.7 Å². The Morgan fingerprint density at radius 2 is 1.64 bits per heavy atom. The predicted molar refractivity (Wildman–Crippen MR) is 147 cm³/mol. The topological polar surface area (TPSA) is 89.0 Å². The van der Waals surface area contributed by atoms with Crippen LogP contribution < -0.4 is 9.47 Å². The van der Waals surface area contributed by atoms with Crippen molar-refractivity contribution < 1.29 is 24.2 Å². The van der Waals surface area contributed by atoms with E-state index < -0.39 is 17.7 Å². The molecule has 196 valence electrons. The molecule has 0 saturated carbocycles. The molecule has 5 rings (SSSR count). The van der Waals surface area contributed by atoms with Crippen LogP contribution in [0.1, 0.15) is 33.9 Å². The fourth-order valence-corrected chi connectivity index (χ4v) is 4.70. The van der Waals surface area contributed by atoms with Crippen molar-refractivity contribution in [1.29, 1.82) is 0 Å². The van der Waals surface area contributed by atoms with Crippen molar-refractivity contribution in [2.75, 3.05) is 7.11 Å². The fourth-order valence-electron chi connectivity index (χ4n) is 4.70. The maximum absolute atomic E-state index is 13.3. The summed E-state index contributed by atoms with van der Waals surface area (Å²) in [6.45, 7) is 2.60. The number of carbonyl (C=O) groups is 2. The van der Waals surface area contributed by atoms with Crippen molar-refractivity contribution in [3.8, 4) is 11.5 Å². The lowest BCUT2D eigenvalue weighted by molar-refractivity contribution is -0.140. The molecule has 2 heterocycles. The minimum Gasteiger partial charge on any atom is -0.507 e. The molecule has 1 unspecified atom stereocenters. The molecular formula is C32H28N2O5. The molecule has 39 heavy (non-hydrogen) atoms. The third-order valence-corrected chi connectivity index (χ3v) is 6.66. The Morgan fingerprint density at radius 1 is 0.923 bits per heavy atom. The summed E-state index contributed by atoms with van der Waals surface area (Å²) < 4.78 is 11.2. The van der Waals surface area contributed by atoms with Crippen molar-refractivity contribution in [2.24, 2.45) is 0 Å². The van der Waals surface area contributed by atoms with Crippen LogP contribution in [0.2, 0.25) is 0 Å². The second-order valence-corrected chi connectivity index (χ2v) is 9.36. The van der Waals surface area contributed by atoms with E-state index >= 15 is 0 Å². The second kappa shape index (κ2) is 11.2. The molecule has 0 radical (unpaired) electrons. The van der Waals surface area contributed by atoms with Crippen molar-refractivity contribution in [1.82, 2.24) is 9.88 Å². The molecule has 1 aliphatic rings. The van der Waals surface area contributed by atoms with E-state index in [1.54, 1.807) is 74.1 Å². The number of methoxy groups -OCH3 is 1. The molecule has 7 heteroatoms. The number of hydrogen-bond donors (Lipinski definition) is 1. The van der Waals surface area contributed by atoms with E-state index in [0.29, 0.717) is 29.2 Å². The van der Waals surface area contributed by atoms with Gasteiger partial charge in [-0.05, 0) is 66.1 Å². The lowest BCUT2D eigenvalue weighted by Crippen LogP contribution is -2.29. The third kappa shape index (κ3) is 5.52. The molecular weight excluding hydrogens is 492 g/mol. The Balaban J connectivity index is 1.47. The highest BCUT2D eigenvalue weighted by Gasteiger charge is 2.46. The van der Waals surface area contributed by atoms with Gasteiger partial charge in [-0.3, -0.25) is 14.6 Å². The van der Waals surface area contributed by atoms with E-state index in [0.717, 1.165) is 16.7 Å². The number of carbonyl (C=O) groups excluding carboxylic acids is 2. The number of aliphatic hydroxyl groups is 1. The number of rotatable bonds is 8. The van der Waals surface area contributed by atoms with Crippen LogP contribution in [0.5, 0.6) is 11.5 Å². The van der Waals surface area contributed by atoms with E-state index in [1.807, 2.05) is 31.2 Å². The molecule has 1 fully saturated rings. The minimum atomic E-state index is -0.784. The van der Waals surface area contributed by atoms with E-state index in [2.05, 4.69) is 11.1 Å². The summed E-state index contributed by atoms with van der Waals surface area (Å²) in [6.07, 6.45) is 3.30. The van der Waals surface area contributed by atoms with Gasteiger partial charge in [0, 0.05) is 24.5 Å². The fraction of sp³-hybridized carbons (Fsp3) is 0.156. The Labute approximate surface area is 227 Å². The quantitative estimate of drug-likeness (QED) is 0.185. The summed E-state index contributed by atoms with van der Waals surface area (Å²) in [5.41, 5.74) is 4.10. The molecule has 1 atom stereocenters. The van der Waals surface area contributed by atoms with Crippen LogP contribution >= 0.6 is 0 Å². The largest absolute Gasteiger partial charge is 0.507 e. The zero-order valence-corrected chi connectivity index (χ0v) is 21.7. The van der Waals surface area contributed by atoms with Crippen molar-refractivity contribution in [3.63, 3.8) is 0 Å². The second-order valence-electron chi connectivity index (χ2n) is 9.36. The lowest BCUT2D eigenvalue weighted by Gasteiger charge is -2.25. The van der Waals surface area contributed by atoms with Gasteiger partial charge in [-0.25, -0.2) is 0 Å². The van der Waals surface area contributed by atoms with Gasteiger partial charge in [0.2, 0.25) is 0 Å². The third-order valence-electron chi connectivity index (χ3n) is 6.66. The number of hydrogen-bond acceptors (Lipinski definition) is 6. The molecule has 1 aliphatic heterocycles. The summed E-state index contributed by atoms with van der Waals surface area (Å²) in [7, 11) is 1.57. The summed E-state index contributed by atoms with van der Waals surface area (Å²) in [6, 6.07) is 24.8. The van der Waals surface area contributed by atoms with Crippen LogP contribution in [0.15, 0.2) is 103 Å². The van der Waals surface area contributed by atoms with Crippen molar-refractivity contribution in [3.05, 3.63) is 131 Å². The number of likely N-dealkylation sites (tertiary alicyclic amines) is 1. The molecule has 0 aliphatic carbocycles. The predicted octanol–water partition coefficient (Wildman–Crippen LogP) is 5.60. The van der Waals surface area contributed by atoms with E-state index in [1.165, 1.54) is 4.90 Å². The van der Waals surface area contributed by atoms with Crippen molar-refractivity contribution >= 4 is 17.4 Å². The van der Waals surface area contributed by atoms with Gasteiger partial charge in [0.15, 0.2) is 0 Å². The Kier molecular flexibility index (Phi) is 7.41. The monoisotopic (exact) mass is 520 g/mol. The van der Waals surface area contributed by atoms with Gasteiger partial charge in [0.1, 0.15) is 23.9 Å². The van der Waals surface area contributed by atoms with E-state index in [4.69, 9.17) is 9.47 Å².